The second-order valence-electron chi connectivity index (χ2n) is 2.79. The lowest BCUT2D eigenvalue weighted by atomic mass is 10.3. The largest absolute Gasteiger partial charge is 0.349 e. The van der Waals surface area contributed by atoms with Crippen LogP contribution >= 0.6 is 34.2 Å². The first kappa shape index (κ1) is 10.5. The van der Waals surface area contributed by atoms with Crippen LogP contribution in [0.25, 0.3) is 5.69 Å². The highest BCUT2D eigenvalue weighted by Gasteiger charge is 2.09. The normalized spacial score (nSPS) is 10.5. The van der Waals surface area contributed by atoms with E-state index in [-0.39, 0.29) is 0 Å². The molecule has 0 aliphatic rings. The molecule has 0 aliphatic carbocycles. The van der Waals surface area contributed by atoms with Gasteiger partial charge in [-0.05, 0) is 40.8 Å². The summed E-state index contributed by atoms with van der Waals surface area (Å²) in [6, 6.07) is 4.92. The number of aromatic amines is 2. The summed E-state index contributed by atoms with van der Waals surface area (Å²) < 4.78 is 1.74. The van der Waals surface area contributed by atoms with E-state index >= 15 is 0 Å². The van der Waals surface area contributed by atoms with Crippen molar-refractivity contribution in [2.45, 2.75) is 0 Å². The highest BCUT2D eigenvalue weighted by molar-refractivity contribution is 14.1. The first-order valence-electron chi connectivity index (χ1n) is 3.95. The number of nitrogens with one attached hydrogen (secondary N) is 2. The number of hydrogen-bond donors (Lipinski definition) is 2. The molecule has 0 atom stereocenters. The van der Waals surface area contributed by atoms with Crippen molar-refractivity contribution < 1.29 is 0 Å². The van der Waals surface area contributed by atoms with Crippen LogP contribution in [0.3, 0.4) is 0 Å². The Labute approximate surface area is 102 Å². The molecule has 0 bridgehead atoms. The van der Waals surface area contributed by atoms with Crippen molar-refractivity contribution in [2.75, 3.05) is 0 Å². The number of aromatic nitrogens is 3. The van der Waals surface area contributed by atoms with E-state index < -0.39 is 11.4 Å². The number of hydrogen-bond acceptors (Lipinski definition) is 2. The fourth-order valence-electron chi connectivity index (χ4n) is 1.19. The lowest BCUT2D eigenvalue weighted by Crippen LogP contribution is -2.25. The van der Waals surface area contributed by atoms with Gasteiger partial charge in [-0.1, -0.05) is 11.6 Å². The summed E-state index contributed by atoms with van der Waals surface area (Å²) in [6.45, 7) is 0. The van der Waals surface area contributed by atoms with Crippen LogP contribution in [0, 0.1) is 3.57 Å². The fourth-order valence-corrected chi connectivity index (χ4v) is 2.31. The maximum atomic E-state index is 11.3. The third kappa shape index (κ3) is 1.86. The molecule has 0 spiro atoms. The van der Waals surface area contributed by atoms with Gasteiger partial charge in [0.2, 0.25) is 0 Å². The third-order valence-electron chi connectivity index (χ3n) is 1.83. The van der Waals surface area contributed by atoms with Gasteiger partial charge in [0.25, 0.3) is 0 Å². The van der Waals surface area contributed by atoms with Crippen molar-refractivity contribution in [2.24, 2.45) is 0 Å². The van der Waals surface area contributed by atoms with Crippen LogP contribution in [0.5, 0.6) is 0 Å². The van der Waals surface area contributed by atoms with Crippen LogP contribution in [-0.4, -0.2) is 14.8 Å². The number of nitrogens with zero attached hydrogens (tertiary/aromatic N) is 1. The number of benzene rings is 1. The topological polar surface area (TPSA) is 70.7 Å². The Morgan fingerprint density at radius 2 is 1.80 bits per heavy atom. The zero-order valence-electron chi connectivity index (χ0n) is 7.25. The molecule has 78 valence electrons. The first-order valence-corrected chi connectivity index (χ1v) is 5.40. The molecule has 0 radical (unpaired) electrons. The molecule has 0 saturated heterocycles. The minimum Gasteiger partial charge on any atom is -0.247 e. The molecule has 2 aromatic rings. The minimum atomic E-state index is -0.500. The second kappa shape index (κ2) is 3.86. The van der Waals surface area contributed by atoms with E-state index in [1.165, 1.54) is 0 Å². The molecule has 0 fully saturated rings. The van der Waals surface area contributed by atoms with Gasteiger partial charge in [0.05, 0.1) is 5.69 Å². The Balaban J connectivity index is 2.75. The van der Waals surface area contributed by atoms with Gasteiger partial charge in [0, 0.05) is 8.59 Å². The molecule has 15 heavy (non-hydrogen) atoms. The van der Waals surface area contributed by atoms with E-state index in [2.05, 4.69) is 10.2 Å². The van der Waals surface area contributed by atoms with Gasteiger partial charge in [-0.15, -0.1) is 0 Å². The second-order valence-corrected chi connectivity index (χ2v) is 4.39. The molecule has 1 aromatic heterocycles. The van der Waals surface area contributed by atoms with E-state index in [9.17, 15) is 9.59 Å². The summed E-state index contributed by atoms with van der Waals surface area (Å²) in [7, 11) is 0. The lowest BCUT2D eigenvalue weighted by molar-refractivity contribution is 0.946. The van der Waals surface area contributed by atoms with Crippen LogP contribution in [0.1, 0.15) is 0 Å². The van der Waals surface area contributed by atoms with Crippen molar-refractivity contribution in [1.82, 2.24) is 14.8 Å². The molecule has 2 rings (SSSR count). The zero-order chi connectivity index (χ0) is 11.0. The molecule has 0 unspecified atom stereocenters. The predicted molar refractivity (Wildman–Crippen MR) is 64.7 cm³/mol. The SMILES string of the molecule is O=c1[nH][nH]c(=O)n1-c1ccc(Cl)cc1I. The summed E-state index contributed by atoms with van der Waals surface area (Å²) in [4.78, 5) is 22.6. The molecular weight excluding hydrogens is 332 g/mol. The van der Waals surface area contributed by atoms with Crippen molar-refractivity contribution >= 4 is 34.2 Å². The molecular formula is C8H5ClIN3O2. The Morgan fingerprint density at radius 3 is 2.33 bits per heavy atom. The fraction of sp³-hybridized carbons (Fsp3) is 0. The number of H-pyrrole nitrogens is 2. The average Bonchev–Trinajstić information content (AvgIpc) is 2.48. The molecule has 2 N–H and O–H groups in total. The molecule has 1 aromatic carbocycles. The van der Waals surface area contributed by atoms with E-state index in [4.69, 9.17) is 11.6 Å². The van der Waals surface area contributed by atoms with Gasteiger partial charge in [-0.3, -0.25) is 0 Å². The summed E-state index contributed by atoms with van der Waals surface area (Å²) in [6.07, 6.45) is 0. The number of halogens is 2. The Bertz CT molecular complexity index is 585. The van der Waals surface area contributed by atoms with E-state index in [0.29, 0.717) is 10.7 Å². The summed E-state index contributed by atoms with van der Waals surface area (Å²) in [5.74, 6) is 0. The monoisotopic (exact) mass is 337 g/mol. The van der Waals surface area contributed by atoms with E-state index in [0.717, 1.165) is 8.14 Å². The highest BCUT2D eigenvalue weighted by Crippen LogP contribution is 2.19. The van der Waals surface area contributed by atoms with E-state index in [1.54, 1.807) is 18.2 Å². The molecule has 0 saturated carbocycles. The molecule has 1 heterocycles. The Morgan fingerprint density at radius 1 is 1.20 bits per heavy atom. The van der Waals surface area contributed by atoms with Crippen LogP contribution in [0.2, 0.25) is 5.02 Å². The summed E-state index contributed by atoms with van der Waals surface area (Å²) in [5, 5.41) is 4.98. The van der Waals surface area contributed by atoms with Gasteiger partial charge in [0.15, 0.2) is 0 Å². The Hall–Kier alpha value is -1.02. The summed E-state index contributed by atoms with van der Waals surface area (Å²) in [5.41, 5.74) is -0.493. The third-order valence-corrected chi connectivity index (χ3v) is 2.93. The maximum Gasteiger partial charge on any atom is 0.349 e. The van der Waals surface area contributed by atoms with E-state index in [1.807, 2.05) is 22.6 Å². The van der Waals surface area contributed by atoms with Gasteiger partial charge in [-0.2, -0.15) is 0 Å². The quantitative estimate of drug-likeness (QED) is 0.765. The van der Waals surface area contributed by atoms with Crippen LogP contribution in [0.4, 0.5) is 0 Å². The molecule has 5 nitrogen and oxygen atoms in total. The zero-order valence-corrected chi connectivity index (χ0v) is 10.2. The van der Waals surface area contributed by atoms with Crippen LogP contribution < -0.4 is 11.4 Å². The van der Waals surface area contributed by atoms with Crippen molar-refractivity contribution in [3.8, 4) is 5.69 Å². The van der Waals surface area contributed by atoms with Crippen molar-refractivity contribution in [3.05, 3.63) is 47.8 Å². The van der Waals surface area contributed by atoms with Crippen LogP contribution in [0.15, 0.2) is 27.8 Å². The van der Waals surface area contributed by atoms with Crippen LogP contribution in [-0.2, 0) is 0 Å². The first-order chi connectivity index (χ1) is 7.09. The van der Waals surface area contributed by atoms with Crippen molar-refractivity contribution in [1.29, 1.82) is 0 Å². The van der Waals surface area contributed by atoms with Gasteiger partial charge in [-0.25, -0.2) is 24.4 Å². The maximum absolute atomic E-state index is 11.3. The van der Waals surface area contributed by atoms with Crippen molar-refractivity contribution in [3.63, 3.8) is 0 Å². The predicted octanol–water partition coefficient (Wildman–Crippen LogP) is 1.11. The van der Waals surface area contributed by atoms with Gasteiger partial charge < -0.3 is 0 Å². The highest BCUT2D eigenvalue weighted by atomic mass is 127. The Kier molecular flexibility index (Phi) is 2.70. The number of rotatable bonds is 1. The van der Waals surface area contributed by atoms with Gasteiger partial charge in [0.1, 0.15) is 0 Å². The smallest absolute Gasteiger partial charge is 0.247 e. The molecule has 7 heteroatoms. The summed E-state index contributed by atoms with van der Waals surface area (Å²) >= 11 is 7.78. The van der Waals surface area contributed by atoms with Gasteiger partial charge >= 0.3 is 11.4 Å². The average molecular weight is 338 g/mol. The molecule has 0 aliphatic heterocycles. The lowest BCUT2D eigenvalue weighted by Gasteiger charge is -2.02. The minimum absolute atomic E-state index is 0.500. The molecule has 0 amide bonds. The standard InChI is InChI=1S/C8H5ClIN3O2/c9-4-1-2-6(5(10)3-4)13-7(14)11-12-8(13)15/h1-3H,(H,11,14)(H,12,15).